The van der Waals surface area contributed by atoms with Crippen molar-refractivity contribution in [3.05, 3.63) is 101 Å². The van der Waals surface area contributed by atoms with Crippen LogP contribution in [0.25, 0.3) is 0 Å². The molecule has 3 fully saturated rings. The summed E-state index contributed by atoms with van der Waals surface area (Å²) in [7, 11) is 1.46. The quantitative estimate of drug-likeness (QED) is 0.250. The van der Waals surface area contributed by atoms with Crippen LogP contribution in [0.4, 0.5) is 5.69 Å². The van der Waals surface area contributed by atoms with Gasteiger partial charge in [-0.3, -0.25) is 28.9 Å². The number of phenolic OH excluding ortho intramolecular Hbond substituents is 1. The number of rotatable bonds is 8. The molecule has 6 atom stereocenters. The summed E-state index contributed by atoms with van der Waals surface area (Å²) in [6, 6.07) is 20.3. The number of anilines is 1. The molecule has 2 aliphatic heterocycles. The van der Waals surface area contributed by atoms with Gasteiger partial charge in [0.1, 0.15) is 11.5 Å². The summed E-state index contributed by atoms with van der Waals surface area (Å²) in [4.78, 5) is 71.3. The molecule has 0 aromatic heterocycles. The number of allylic oxidation sites excluding steroid dienone is 2. The molecule has 6 unspecified atom stereocenters. The number of hydrogen-bond acceptors (Lipinski definition) is 7. The second kappa shape index (κ2) is 11.9. The first kappa shape index (κ1) is 31.6. The number of aliphatic carboxylic acids is 1. The number of carboxylic acids is 1. The van der Waals surface area contributed by atoms with Crippen molar-refractivity contribution >= 4 is 46.9 Å². The molecule has 3 aromatic rings. The van der Waals surface area contributed by atoms with Gasteiger partial charge in [-0.15, -0.1) is 0 Å². The Morgan fingerprint density at radius 1 is 0.958 bits per heavy atom. The average Bonchev–Trinajstić information content (AvgIpc) is 3.45. The van der Waals surface area contributed by atoms with Crippen molar-refractivity contribution in [3.63, 3.8) is 0 Å². The molecule has 2 saturated heterocycles. The van der Waals surface area contributed by atoms with Crippen LogP contribution in [0.2, 0.25) is 5.02 Å². The number of ether oxygens (including phenoxy) is 1. The normalized spacial score (nSPS) is 27.8. The summed E-state index contributed by atoms with van der Waals surface area (Å²) in [6.07, 6.45) is 2.26. The van der Waals surface area contributed by atoms with Crippen LogP contribution in [0.15, 0.2) is 84.4 Å². The van der Waals surface area contributed by atoms with Crippen LogP contribution in [0.5, 0.6) is 11.5 Å². The number of benzene rings is 3. The first-order chi connectivity index (χ1) is 23.1. The van der Waals surface area contributed by atoms with E-state index in [1.807, 2.05) is 36.4 Å². The predicted octanol–water partition coefficient (Wildman–Crippen LogP) is 5.08. The van der Waals surface area contributed by atoms with Gasteiger partial charge in [0.25, 0.3) is 0 Å². The van der Waals surface area contributed by atoms with E-state index in [4.69, 9.17) is 21.4 Å². The van der Waals surface area contributed by atoms with Gasteiger partial charge in [-0.25, -0.2) is 4.90 Å². The lowest BCUT2D eigenvalue weighted by molar-refractivity contribution is -0.142. The first-order valence-electron chi connectivity index (χ1n) is 15.9. The molecule has 4 aliphatic rings. The summed E-state index contributed by atoms with van der Waals surface area (Å²) in [5, 5.41) is 19.9. The summed E-state index contributed by atoms with van der Waals surface area (Å²) in [5.41, 5.74) is 0.770. The number of fused-ring (bicyclic) bond motifs is 4. The van der Waals surface area contributed by atoms with Gasteiger partial charge in [0.05, 0.1) is 36.0 Å². The van der Waals surface area contributed by atoms with Crippen LogP contribution in [0.3, 0.4) is 0 Å². The van der Waals surface area contributed by atoms with Crippen molar-refractivity contribution in [1.82, 2.24) is 4.90 Å². The molecule has 3 aromatic carbocycles. The highest BCUT2D eigenvalue weighted by molar-refractivity contribution is 6.32. The number of halogens is 1. The topological polar surface area (TPSA) is 142 Å². The van der Waals surface area contributed by atoms with E-state index >= 15 is 4.79 Å². The Morgan fingerprint density at radius 2 is 1.73 bits per heavy atom. The summed E-state index contributed by atoms with van der Waals surface area (Å²) in [6.45, 7) is -0.00836. The number of aromatic hydroxyl groups is 1. The molecule has 246 valence electrons. The maximum absolute atomic E-state index is 15.2. The third kappa shape index (κ3) is 4.64. The minimum absolute atomic E-state index is 0.00836. The third-order valence-corrected chi connectivity index (χ3v) is 10.8. The molecule has 11 heteroatoms. The van der Waals surface area contributed by atoms with E-state index in [9.17, 15) is 24.3 Å². The van der Waals surface area contributed by atoms with Gasteiger partial charge in [-0.05, 0) is 55.0 Å². The Labute approximate surface area is 281 Å². The first-order valence-corrected chi connectivity index (χ1v) is 16.3. The van der Waals surface area contributed by atoms with Crippen LogP contribution in [-0.4, -0.2) is 58.4 Å². The number of hydrogen-bond donors (Lipinski definition) is 2. The standard InChI is InChI=1S/C37H33ClN2O8/c1-48-29-18-23(41)12-13-25(29)32-24-14-15-26-31(35(46)39(33(26)44)16-6-11-30(42)43)27(24)19-28-34(45)40(22-10-5-9-21(38)17-22)36(47)37(28,32)20-7-3-2-4-8-20/h2-5,7-10,12-14,17-18,26-28,31-32,41H,6,11,15-16,19H2,1H3,(H,42,43). The largest absolute Gasteiger partial charge is 0.508 e. The molecule has 4 amide bonds. The van der Waals surface area contributed by atoms with Gasteiger partial charge < -0.3 is 14.9 Å². The molecule has 7 rings (SSSR count). The fraction of sp³-hybridized carbons (Fsp3) is 0.324. The fourth-order valence-corrected chi connectivity index (χ4v) is 8.89. The molecular formula is C37H33ClN2O8. The van der Waals surface area contributed by atoms with Crippen molar-refractivity contribution in [2.24, 2.45) is 23.7 Å². The zero-order chi connectivity index (χ0) is 33.9. The number of carbonyl (C=O) groups excluding carboxylic acids is 4. The summed E-state index contributed by atoms with van der Waals surface area (Å²) < 4.78 is 5.79. The van der Waals surface area contributed by atoms with Crippen LogP contribution in [-0.2, 0) is 29.4 Å². The van der Waals surface area contributed by atoms with E-state index in [2.05, 4.69) is 0 Å². The van der Waals surface area contributed by atoms with Gasteiger partial charge in [-0.2, -0.15) is 0 Å². The maximum atomic E-state index is 15.2. The van der Waals surface area contributed by atoms with Crippen molar-refractivity contribution < 1.29 is 38.9 Å². The molecule has 48 heavy (non-hydrogen) atoms. The van der Waals surface area contributed by atoms with Crippen LogP contribution < -0.4 is 9.64 Å². The smallest absolute Gasteiger partial charge is 0.303 e. The fourth-order valence-electron chi connectivity index (χ4n) is 8.70. The number of amides is 4. The Balaban J connectivity index is 1.45. The van der Waals surface area contributed by atoms with Crippen LogP contribution in [0, 0.1) is 23.7 Å². The molecule has 2 aliphatic carbocycles. The van der Waals surface area contributed by atoms with E-state index in [1.165, 1.54) is 29.0 Å². The van der Waals surface area contributed by atoms with Gasteiger partial charge in [0, 0.05) is 35.5 Å². The van der Waals surface area contributed by atoms with Crippen molar-refractivity contribution in [2.75, 3.05) is 18.6 Å². The highest BCUT2D eigenvalue weighted by Gasteiger charge is 2.70. The number of imide groups is 2. The Bertz CT molecular complexity index is 1890. The number of methoxy groups -OCH3 is 1. The SMILES string of the molecule is COc1cc(O)ccc1C1C2=CCC3C(=O)N(CCCC(=O)O)C(=O)C3C2CC2C(=O)N(c3cccc(Cl)c3)C(=O)C21c1ccccc1. The monoisotopic (exact) mass is 668 g/mol. The van der Waals surface area contributed by atoms with Crippen LogP contribution >= 0.6 is 11.6 Å². The van der Waals surface area contributed by atoms with Crippen molar-refractivity contribution in [2.45, 2.75) is 37.0 Å². The third-order valence-electron chi connectivity index (χ3n) is 10.6. The summed E-state index contributed by atoms with van der Waals surface area (Å²) in [5.74, 6) is -6.17. The second-order valence-corrected chi connectivity index (χ2v) is 13.3. The molecule has 1 saturated carbocycles. The van der Waals surface area contributed by atoms with Crippen LogP contribution in [0.1, 0.15) is 42.7 Å². The molecule has 0 bridgehead atoms. The molecule has 0 radical (unpaired) electrons. The van der Waals surface area contributed by atoms with E-state index in [-0.39, 0.29) is 43.9 Å². The predicted molar refractivity (Wildman–Crippen MR) is 174 cm³/mol. The summed E-state index contributed by atoms with van der Waals surface area (Å²) >= 11 is 6.35. The zero-order valence-corrected chi connectivity index (χ0v) is 26.8. The minimum atomic E-state index is -1.48. The lowest BCUT2D eigenvalue weighted by Gasteiger charge is -2.51. The van der Waals surface area contributed by atoms with Gasteiger partial charge in [0.15, 0.2) is 0 Å². The van der Waals surface area contributed by atoms with Gasteiger partial charge in [-0.1, -0.05) is 65.7 Å². The molecule has 0 spiro atoms. The number of carboxylic acid groups (broad SMARTS) is 1. The van der Waals surface area contributed by atoms with E-state index in [0.29, 0.717) is 27.6 Å². The Hall–Kier alpha value is -4.96. The lowest BCUT2D eigenvalue weighted by atomic mass is 9.49. The second-order valence-electron chi connectivity index (χ2n) is 12.8. The minimum Gasteiger partial charge on any atom is -0.508 e. The van der Waals surface area contributed by atoms with E-state index in [1.54, 1.807) is 30.3 Å². The maximum Gasteiger partial charge on any atom is 0.303 e. The van der Waals surface area contributed by atoms with Gasteiger partial charge in [0.2, 0.25) is 23.6 Å². The zero-order valence-electron chi connectivity index (χ0n) is 26.0. The van der Waals surface area contributed by atoms with E-state index < -0.39 is 58.7 Å². The lowest BCUT2D eigenvalue weighted by Crippen LogP contribution is -2.53. The molecule has 10 nitrogen and oxygen atoms in total. The van der Waals surface area contributed by atoms with Crippen molar-refractivity contribution in [1.29, 1.82) is 0 Å². The van der Waals surface area contributed by atoms with E-state index in [0.717, 1.165) is 5.57 Å². The molecule has 2 N–H and O–H groups in total. The Morgan fingerprint density at radius 3 is 2.44 bits per heavy atom. The highest BCUT2D eigenvalue weighted by Crippen LogP contribution is 2.65. The molecule has 2 heterocycles. The highest BCUT2D eigenvalue weighted by atomic mass is 35.5. The number of nitrogens with zero attached hydrogens (tertiary/aromatic N) is 2. The molecular weight excluding hydrogens is 636 g/mol. The number of phenols is 1. The van der Waals surface area contributed by atoms with Crippen molar-refractivity contribution in [3.8, 4) is 11.5 Å². The van der Waals surface area contributed by atoms with Gasteiger partial charge >= 0.3 is 5.97 Å². The number of carbonyl (C=O) groups is 5. The Kier molecular flexibility index (Phi) is 7.86. The average molecular weight is 669 g/mol. The number of likely N-dealkylation sites (tertiary alicyclic amines) is 1.